The fourth-order valence-electron chi connectivity index (χ4n) is 4.64. The molecule has 3 aromatic heterocycles. The number of rotatable bonds is 3. The average Bonchev–Trinajstić information content (AvgIpc) is 3.40. The van der Waals surface area contributed by atoms with Crippen molar-refractivity contribution in [3.8, 4) is 33.6 Å². The molecule has 0 fully saturated rings. The lowest BCUT2D eigenvalue weighted by Gasteiger charge is -2.11. The number of hydrogen-bond donors (Lipinski definition) is 0. The lowest BCUT2D eigenvalue weighted by molar-refractivity contribution is 0.658. The van der Waals surface area contributed by atoms with Crippen molar-refractivity contribution >= 4 is 10.9 Å². The third-order valence-electron chi connectivity index (χ3n) is 6.09. The molecule has 31 heavy (non-hydrogen) atoms. The first kappa shape index (κ1) is 18.0. The van der Waals surface area contributed by atoms with Gasteiger partial charge in [0.25, 0.3) is 0 Å². The van der Waals surface area contributed by atoms with E-state index in [1.165, 1.54) is 27.9 Å². The Labute approximate surface area is 181 Å². The average molecular weight is 403 g/mol. The minimum absolute atomic E-state index is 0.932. The minimum atomic E-state index is 0.932. The van der Waals surface area contributed by atoms with E-state index in [4.69, 9.17) is 10.1 Å². The molecule has 0 radical (unpaired) electrons. The SMILES string of the molecule is Cc1cccc(-c2nn3c(c2-c2ccnc4ccc(-c5ccccc5)cc24)CCC3)n1. The lowest BCUT2D eigenvalue weighted by atomic mass is 9.94. The molecule has 150 valence electrons. The molecule has 4 nitrogen and oxygen atoms in total. The van der Waals surface area contributed by atoms with Gasteiger partial charge < -0.3 is 0 Å². The van der Waals surface area contributed by atoms with Crippen molar-refractivity contribution in [1.82, 2.24) is 19.7 Å². The van der Waals surface area contributed by atoms with Gasteiger partial charge in [-0.15, -0.1) is 0 Å². The number of aromatic nitrogens is 4. The Morgan fingerprint density at radius 1 is 0.871 bits per heavy atom. The minimum Gasteiger partial charge on any atom is -0.268 e. The highest BCUT2D eigenvalue weighted by Crippen LogP contribution is 2.40. The molecule has 6 rings (SSSR count). The Kier molecular flexibility index (Phi) is 4.17. The molecule has 0 saturated heterocycles. The highest BCUT2D eigenvalue weighted by molar-refractivity contribution is 6.00. The number of hydrogen-bond acceptors (Lipinski definition) is 3. The van der Waals surface area contributed by atoms with Crippen LogP contribution in [0.25, 0.3) is 44.5 Å². The van der Waals surface area contributed by atoms with Crippen molar-refractivity contribution in [1.29, 1.82) is 0 Å². The van der Waals surface area contributed by atoms with E-state index in [-0.39, 0.29) is 0 Å². The Morgan fingerprint density at radius 2 is 1.77 bits per heavy atom. The summed E-state index contributed by atoms with van der Waals surface area (Å²) in [5.41, 5.74) is 9.99. The third kappa shape index (κ3) is 3.03. The molecular formula is C27H22N4. The van der Waals surface area contributed by atoms with Crippen molar-refractivity contribution < 1.29 is 0 Å². The van der Waals surface area contributed by atoms with Gasteiger partial charge in [-0.25, -0.2) is 0 Å². The fourth-order valence-corrected chi connectivity index (χ4v) is 4.64. The molecule has 0 saturated carbocycles. The zero-order valence-corrected chi connectivity index (χ0v) is 17.4. The van der Waals surface area contributed by atoms with Crippen LogP contribution in [0.15, 0.2) is 79.0 Å². The van der Waals surface area contributed by atoms with Crippen LogP contribution in [0.3, 0.4) is 0 Å². The molecule has 0 amide bonds. The molecule has 4 heterocycles. The second-order valence-corrected chi connectivity index (χ2v) is 8.12. The molecule has 1 aliphatic heterocycles. The van der Waals surface area contributed by atoms with Crippen LogP contribution in [-0.4, -0.2) is 19.7 Å². The van der Waals surface area contributed by atoms with E-state index >= 15 is 0 Å². The van der Waals surface area contributed by atoms with E-state index in [1.807, 2.05) is 19.2 Å². The second-order valence-electron chi connectivity index (χ2n) is 8.12. The maximum atomic E-state index is 5.00. The fraction of sp³-hybridized carbons (Fsp3) is 0.148. The second kappa shape index (κ2) is 7.17. The van der Waals surface area contributed by atoms with Crippen LogP contribution in [0.2, 0.25) is 0 Å². The van der Waals surface area contributed by atoms with Crippen LogP contribution in [-0.2, 0) is 13.0 Å². The molecule has 0 spiro atoms. The number of pyridine rings is 2. The quantitative estimate of drug-likeness (QED) is 0.367. The molecule has 1 aliphatic rings. The molecule has 5 aromatic rings. The largest absolute Gasteiger partial charge is 0.268 e. The first-order valence-electron chi connectivity index (χ1n) is 10.8. The maximum absolute atomic E-state index is 5.00. The summed E-state index contributed by atoms with van der Waals surface area (Å²) in [5.74, 6) is 0. The summed E-state index contributed by atoms with van der Waals surface area (Å²) in [6, 6.07) is 25.3. The number of aryl methyl sites for hydroxylation is 2. The first-order valence-corrected chi connectivity index (χ1v) is 10.8. The summed E-state index contributed by atoms with van der Waals surface area (Å²) >= 11 is 0. The van der Waals surface area contributed by atoms with Crippen LogP contribution < -0.4 is 0 Å². The first-order chi connectivity index (χ1) is 15.3. The van der Waals surface area contributed by atoms with E-state index in [2.05, 4.69) is 76.4 Å². The maximum Gasteiger partial charge on any atom is 0.119 e. The predicted octanol–water partition coefficient (Wildman–Crippen LogP) is 6.08. The van der Waals surface area contributed by atoms with E-state index in [1.54, 1.807) is 0 Å². The van der Waals surface area contributed by atoms with Gasteiger partial charge in [-0.1, -0.05) is 42.5 Å². The summed E-state index contributed by atoms with van der Waals surface area (Å²) in [6.45, 7) is 2.99. The van der Waals surface area contributed by atoms with Crippen LogP contribution in [0.5, 0.6) is 0 Å². The third-order valence-corrected chi connectivity index (χ3v) is 6.09. The zero-order valence-electron chi connectivity index (χ0n) is 17.4. The molecular weight excluding hydrogens is 380 g/mol. The van der Waals surface area contributed by atoms with Gasteiger partial charge in [0.2, 0.25) is 0 Å². The number of nitrogens with zero attached hydrogens (tertiary/aromatic N) is 4. The van der Waals surface area contributed by atoms with Crippen molar-refractivity contribution in [2.24, 2.45) is 0 Å². The normalized spacial score (nSPS) is 12.9. The van der Waals surface area contributed by atoms with E-state index in [9.17, 15) is 0 Å². The van der Waals surface area contributed by atoms with Gasteiger partial charge in [-0.3, -0.25) is 14.6 Å². The summed E-state index contributed by atoms with van der Waals surface area (Å²) in [5, 5.41) is 6.15. The van der Waals surface area contributed by atoms with E-state index in [0.29, 0.717) is 0 Å². The van der Waals surface area contributed by atoms with Gasteiger partial charge in [0, 0.05) is 35.1 Å². The predicted molar refractivity (Wildman–Crippen MR) is 125 cm³/mol. The highest BCUT2D eigenvalue weighted by atomic mass is 15.3. The molecule has 0 bridgehead atoms. The van der Waals surface area contributed by atoms with Gasteiger partial charge in [0.1, 0.15) is 5.69 Å². The van der Waals surface area contributed by atoms with Gasteiger partial charge in [-0.05, 0) is 66.8 Å². The van der Waals surface area contributed by atoms with Gasteiger partial charge >= 0.3 is 0 Å². The smallest absolute Gasteiger partial charge is 0.119 e. The Hall–Kier alpha value is -3.79. The van der Waals surface area contributed by atoms with Crippen molar-refractivity contribution in [2.75, 3.05) is 0 Å². The van der Waals surface area contributed by atoms with Crippen molar-refractivity contribution in [2.45, 2.75) is 26.3 Å². The Balaban J connectivity index is 1.62. The molecule has 0 unspecified atom stereocenters. The monoisotopic (exact) mass is 402 g/mol. The van der Waals surface area contributed by atoms with Gasteiger partial charge in [-0.2, -0.15) is 5.10 Å². The Bertz CT molecular complexity index is 1420. The van der Waals surface area contributed by atoms with Gasteiger partial charge in [0.15, 0.2) is 0 Å². The standard InChI is InChI=1S/C27H22N4/c1-18-7-5-10-24(29-18)27-26(25-11-6-16-31(25)30-27)21-14-15-28-23-13-12-20(17-22(21)23)19-8-3-2-4-9-19/h2-5,7-10,12-15,17H,6,11,16H2,1H3. The molecule has 0 N–H and O–H groups in total. The zero-order chi connectivity index (χ0) is 20.8. The molecule has 0 atom stereocenters. The van der Waals surface area contributed by atoms with Crippen LogP contribution >= 0.6 is 0 Å². The van der Waals surface area contributed by atoms with Gasteiger partial charge in [0.05, 0.1) is 11.2 Å². The summed E-state index contributed by atoms with van der Waals surface area (Å²) in [4.78, 5) is 9.45. The van der Waals surface area contributed by atoms with Crippen molar-refractivity contribution in [3.05, 3.63) is 90.4 Å². The summed E-state index contributed by atoms with van der Waals surface area (Å²) in [7, 11) is 0. The molecule has 4 heteroatoms. The topological polar surface area (TPSA) is 43.6 Å². The summed E-state index contributed by atoms with van der Waals surface area (Å²) in [6.07, 6.45) is 4.08. The Morgan fingerprint density at radius 3 is 2.65 bits per heavy atom. The highest BCUT2D eigenvalue weighted by Gasteiger charge is 2.25. The molecule has 2 aromatic carbocycles. The van der Waals surface area contributed by atoms with Crippen molar-refractivity contribution in [3.63, 3.8) is 0 Å². The van der Waals surface area contributed by atoms with Crippen LogP contribution in [0.4, 0.5) is 0 Å². The van der Waals surface area contributed by atoms with Crippen LogP contribution in [0.1, 0.15) is 17.8 Å². The number of benzene rings is 2. The van der Waals surface area contributed by atoms with E-state index < -0.39 is 0 Å². The summed E-state index contributed by atoms with van der Waals surface area (Å²) < 4.78 is 2.17. The lowest BCUT2D eigenvalue weighted by Crippen LogP contribution is -1.95. The molecule has 0 aliphatic carbocycles. The number of fused-ring (bicyclic) bond motifs is 2. The van der Waals surface area contributed by atoms with Crippen LogP contribution in [0, 0.1) is 6.92 Å². The van der Waals surface area contributed by atoms with E-state index in [0.717, 1.165) is 47.4 Å².